The van der Waals surface area contributed by atoms with Crippen LogP contribution in [0.3, 0.4) is 0 Å². The highest BCUT2D eigenvalue weighted by molar-refractivity contribution is 5.85. The van der Waals surface area contributed by atoms with Gasteiger partial charge in [-0.3, -0.25) is 4.79 Å². The lowest BCUT2D eigenvalue weighted by Gasteiger charge is -2.24. The molecule has 1 fully saturated rings. The quantitative estimate of drug-likeness (QED) is 0.821. The number of amides is 1. The van der Waals surface area contributed by atoms with Gasteiger partial charge in [-0.1, -0.05) is 18.2 Å². The van der Waals surface area contributed by atoms with Gasteiger partial charge in [0, 0.05) is 25.2 Å². The van der Waals surface area contributed by atoms with Gasteiger partial charge < -0.3 is 20.1 Å². The molecule has 2 aliphatic rings. The molecule has 5 nitrogen and oxygen atoms in total. The summed E-state index contributed by atoms with van der Waals surface area (Å²) in [6, 6.07) is 7.70. The number of carbonyl (C=O) groups is 1. The van der Waals surface area contributed by atoms with Crippen molar-refractivity contribution in [3.63, 3.8) is 0 Å². The molecule has 0 spiro atoms. The number of morpholine rings is 1. The van der Waals surface area contributed by atoms with E-state index in [-0.39, 0.29) is 17.9 Å². The van der Waals surface area contributed by atoms with Gasteiger partial charge in [-0.25, -0.2) is 0 Å². The van der Waals surface area contributed by atoms with Crippen LogP contribution in [0.2, 0.25) is 0 Å². The molecule has 0 aromatic heterocycles. The molecule has 2 aliphatic heterocycles. The first-order chi connectivity index (χ1) is 9.34. The van der Waals surface area contributed by atoms with Crippen LogP contribution in [0.1, 0.15) is 11.5 Å². The van der Waals surface area contributed by atoms with E-state index in [2.05, 4.69) is 10.6 Å². The number of fused-ring (bicyclic) bond motifs is 1. The number of rotatable bonds is 3. The summed E-state index contributed by atoms with van der Waals surface area (Å²) in [4.78, 5) is 12.2. The van der Waals surface area contributed by atoms with Crippen LogP contribution in [0.25, 0.3) is 0 Å². The Balaban J connectivity index is 1.56. The second-order valence-electron chi connectivity index (χ2n) is 4.84. The summed E-state index contributed by atoms with van der Waals surface area (Å²) < 4.78 is 11.1. The molecule has 1 amide bonds. The zero-order chi connectivity index (χ0) is 13.1. The SMILES string of the molecule is O=C(NCC1CNCCO1)C1COc2ccccc21. The van der Waals surface area contributed by atoms with Crippen molar-refractivity contribution in [2.24, 2.45) is 0 Å². The lowest BCUT2D eigenvalue weighted by molar-refractivity contribution is -0.123. The number of hydrogen-bond acceptors (Lipinski definition) is 4. The molecule has 1 saturated heterocycles. The predicted octanol–water partition coefficient (Wildman–Crippen LogP) is 0.267. The largest absolute Gasteiger partial charge is 0.492 e. The van der Waals surface area contributed by atoms with Crippen LogP contribution >= 0.6 is 0 Å². The fourth-order valence-electron chi connectivity index (χ4n) is 2.47. The minimum atomic E-state index is -0.201. The predicted molar refractivity (Wildman–Crippen MR) is 70.3 cm³/mol. The fourth-order valence-corrected chi connectivity index (χ4v) is 2.47. The summed E-state index contributed by atoms with van der Waals surface area (Å²) in [7, 11) is 0. The number of carbonyl (C=O) groups excluding carboxylic acids is 1. The summed E-state index contributed by atoms with van der Waals surface area (Å²) in [6.45, 7) is 3.35. The van der Waals surface area contributed by atoms with Crippen molar-refractivity contribution in [1.82, 2.24) is 10.6 Å². The van der Waals surface area contributed by atoms with E-state index < -0.39 is 0 Å². The molecular weight excluding hydrogens is 244 g/mol. The lowest BCUT2D eigenvalue weighted by atomic mass is 10.0. The molecule has 0 radical (unpaired) electrons. The van der Waals surface area contributed by atoms with Crippen molar-refractivity contribution >= 4 is 5.91 Å². The first-order valence-electron chi connectivity index (χ1n) is 6.66. The highest BCUT2D eigenvalue weighted by Crippen LogP contribution is 2.33. The fraction of sp³-hybridized carbons (Fsp3) is 0.500. The maximum atomic E-state index is 12.2. The zero-order valence-corrected chi connectivity index (χ0v) is 10.7. The van der Waals surface area contributed by atoms with Crippen LogP contribution < -0.4 is 15.4 Å². The van der Waals surface area contributed by atoms with Gasteiger partial charge in [-0.05, 0) is 6.07 Å². The Morgan fingerprint density at radius 3 is 3.16 bits per heavy atom. The summed E-state index contributed by atoms with van der Waals surface area (Å²) in [5.41, 5.74) is 0.975. The van der Waals surface area contributed by atoms with Gasteiger partial charge in [0.15, 0.2) is 0 Å². The third kappa shape index (κ3) is 2.72. The van der Waals surface area contributed by atoms with Gasteiger partial charge in [0.2, 0.25) is 5.91 Å². The Kier molecular flexibility index (Phi) is 3.66. The Hall–Kier alpha value is -1.59. The maximum Gasteiger partial charge on any atom is 0.231 e. The zero-order valence-electron chi connectivity index (χ0n) is 10.7. The minimum Gasteiger partial charge on any atom is -0.492 e. The Bertz CT molecular complexity index is 458. The molecule has 0 aliphatic carbocycles. The standard InChI is InChI=1S/C14H18N2O3/c17-14(16-8-10-7-15-5-6-18-10)12-9-19-13-4-2-1-3-11(12)13/h1-4,10,12,15H,5-9H2,(H,16,17). The molecule has 1 aromatic carbocycles. The third-order valence-corrected chi connectivity index (χ3v) is 3.52. The molecule has 2 N–H and O–H groups in total. The summed E-state index contributed by atoms with van der Waals surface area (Å²) in [5.74, 6) is 0.630. The number of ether oxygens (including phenoxy) is 2. The second-order valence-corrected chi connectivity index (χ2v) is 4.84. The van der Waals surface area contributed by atoms with E-state index >= 15 is 0 Å². The Morgan fingerprint density at radius 1 is 1.42 bits per heavy atom. The van der Waals surface area contributed by atoms with E-state index in [9.17, 15) is 4.79 Å². The van der Waals surface area contributed by atoms with Crippen LogP contribution in [0.5, 0.6) is 5.75 Å². The highest BCUT2D eigenvalue weighted by Gasteiger charge is 2.30. The number of hydrogen-bond donors (Lipinski definition) is 2. The molecule has 0 saturated carbocycles. The molecule has 0 bridgehead atoms. The van der Waals surface area contributed by atoms with Crippen molar-refractivity contribution < 1.29 is 14.3 Å². The monoisotopic (exact) mass is 262 g/mol. The highest BCUT2D eigenvalue weighted by atomic mass is 16.5. The Labute approximate surface area is 112 Å². The van der Waals surface area contributed by atoms with Crippen LogP contribution in [0, 0.1) is 0 Å². The van der Waals surface area contributed by atoms with E-state index in [0.29, 0.717) is 19.8 Å². The molecule has 2 atom stereocenters. The normalized spacial score (nSPS) is 25.5. The van der Waals surface area contributed by atoms with Crippen LogP contribution in [0.4, 0.5) is 0 Å². The van der Waals surface area contributed by atoms with E-state index in [4.69, 9.17) is 9.47 Å². The molecule has 102 valence electrons. The van der Waals surface area contributed by atoms with Gasteiger partial charge in [-0.2, -0.15) is 0 Å². The number of para-hydroxylation sites is 1. The minimum absolute atomic E-state index is 0.0131. The topological polar surface area (TPSA) is 59.6 Å². The van der Waals surface area contributed by atoms with Crippen molar-refractivity contribution in [3.05, 3.63) is 29.8 Å². The summed E-state index contributed by atoms with van der Waals surface area (Å²) in [6.07, 6.45) is 0.0651. The van der Waals surface area contributed by atoms with E-state index in [1.54, 1.807) is 0 Å². The molecule has 1 aromatic rings. The molecule has 3 rings (SSSR count). The second kappa shape index (κ2) is 5.59. The molecule has 2 heterocycles. The maximum absolute atomic E-state index is 12.2. The van der Waals surface area contributed by atoms with Crippen molar-refractivity contribution in [2.45, 2.75) is 12.0 Å². The first kappa shape index (κ1) is 12.4. The van der Waals surface area contributed by atoms with Gasteiger partial charge in [0.05, 0.1) is 12.7 Å². The van der Waals surface area contributed by atoms with Gasteiger partial charge in [-0.15, -0.1) is 0 Å². The van der Waals surface area contributed by atoms with E-state index in [1.165, 1.54) is 0 Å². The number of benzene rings is 1. The Morgan fingerprint density at radius 2 is 2.32 bits per heavy atom. The molecular formula is C14H18N2O3. The van der Waals surface area contributed by atoms with Crippen LogP contribution in [0.15, 0.2) is 24.3 Å². The van der Waals surface area contributed by atoms with Crippen LogP contribution in [-0.4, -0.2) is 44.9 Å². The van der Waals surface area contributed by atoms with E-state index in [1.807, 2.05) is 24.3 Å². The van der Waals surface area contributed by atoms with Gasteiger partial charge >= 0.3 is 0 Å². The van der Waals surface area contributed by atoms with Crippen molar-refractivity contribution in [2.75, 3.05) is 32.8 Å². The average Bonchev–Trinajstić information content (AvgIpc) is 2.90. The smallest absolute Gasteiger partial charge is 0.231 e. The first-order valence-corrected chi connectivity index (χ1v) is 6.66. The summed E-state index contributed by atoms with van der Waals surface area (Å²) in [5, 5.41) is 6.19. The van der Waals surface area contributed by atoms with Crippen molar-refractivity contribution in [3.8, 4) is 5.75 Å². The van der Waals surface area contributed by atoms with Crippen molar-refractivity contribution in [1.29, 1.82) is 0 Å². The van der Waals surface area contributed by atoms with Gasteiger partial charge in [0.25, 0.3) is 0 Å². The lowest BCUT2D eigenvalue weighted by Crippen LogP contribution is -2.46. The van der Waals surface area contributed by atoms with Crippen LogP contribution in [-0.2, 0) is 9.53 Å². The average molecular weight is 262 g/mol. The van der Waals surface area contributed by atoms with Gasteiger partial charge in [0.1, 0.15) is 18.3 Å². The summed E-state index contributed by atoms with van der Waals surface area (Å²) >= 11 is 0. The van der Waals surface area contributed by atoms with E-state index in [0.717, 1.165) is 24.4 Å². The number of nitrogens with one attached hydrogen (secondary N) is 2. The molecule has 19 heavy (non-hydrogen) atoms. The molecule has 2 unspecified atom stereocenters. The third-order valence-electron chi connectivity index (χ3n) is 3.52. The molecule has 5 heteroatoms.